The van der Waals surface area contributed by atoms with E-state index in [9.17, 15) is 13.2 Å². The summed E-state index contributed by atoms with van der Waals surface area (Å²) in [7, 11) is 1.52. The molecule has 22 heavy (non-hydrogen) atoms. The number of aryl methyl sites for hydroxylation is 1. The van der Waals surface area contributed by atoms with Crippen LogP contribution in [0.1, 0.15) is 43.6 Å². The van der Waals surface area contributed by atoms with Gasteiger partial charge in [-0.25, -0.2) is 0 Å². The van der Waals surface area contributed by atoms with E-state index in [1.165, 1.54) is 11.7 Å². The van der Waals surface area contributed by atoms with Gasteiger partial charge >= 0.3 is 6.18 Å². The van der Waals surface area contributed by atoms with Crippen molar-refractivity contribution in [2.75, 3.05) is 12.4 Å². The first-order valence-corrected chi connectivity index (χ1v) is 7.13. The van der Waals surface area contributed by atoms with E-state index in [-0.39, 0.29) is 11.9 Å². The van der Waals surface area contributed by atoms with Crippen molar-refractivity contribution >= 4 is 5.95 Å². The van der Waals surface area contributed by atoms with E-state index < -0.39 is 12.0 Å². The van der Waals surface area contributed by atoms with Crippen LogP contribution in [0.5, 0.6) is 0 Å². The smallest absolute Gasteiger partial charge is 0.357 e. The molecule has 0 saturated carbocycles. The highest BCUT2D eigenvalue weighted by Gasteiger charge is 2.37. The maximum Gasteiger partial charge on any atom is 0.453 e. The number of alkyl halides is 3. The quantitative estimate of drug-likeness (QED) is 0.927. The number of benzene rings is 1. The van der Waals surface area contributed by atoms with Crippen LogP contribution in [-0.4, -0.2) is 21.8 Å². The van der Waals surface area contributed by atoms with Gasteiger partial charge in [0.2, 0.25) is 5.95 Å². The molecule has 0 aliphatic rings. The molecule has 120 valence electrons. The minimum Gasteiger partial charge on any atom is -0.357 e. The maximum atomic E-state index is 12.8. The van der Waals surface area contributed by atoms with Crippen LogP contribution in [0.2, 0.25) is 0 Å². The van der Waals surface area contributed by atoms with Crippen molar-refractivity contribution in [2.24, 2.45) is 0 Å². The Labute approximate surface area is 127 Å². The number of anilines is 1. The lowest BCUT2D eigenvalue weighted by Gasteiger charge is -2.15. The normalized spacial score (nSPS) is 12.0. The average molecular weight is 312 g/mol. The Bertz CT molecular complexity index is 659. The lowest BCUT2D eigenvalue weighted by molar-refractivity contribution is -0.144. The van der Waals surface area contributed by atoms with Gasteiger partial charge in [-0.2, -0.15) is 22.8 Å². The highest BCUT2D eigenvalue weighted by Crippen LogP contribution is 2.31. The van der Waals surface area contributed by atoms with Gasteiger partial charge in [0.05, 0.1) is 5.69 Å². The van der Waals surface area contributed by atoms with Gasteiger partial charge in [-0.1, -0.05) is 32.9 Å². The van der Waals surface area contributed by atoms with Crippen molar-refractivity contribution in [1.29, 1.82) is 0 Å². The molecule has 0 aliphatic carbocycles. The third kappa shape index (κ3) is 3.08. The SMILES string of the molecule is CCc1ccc(-n2nc(C(F)(F)F)nc2NC)c(C(C)C)c1. The molecule has 1 aromatic heterocycles. The lowest BCUT2D eigenvalue weighted by Crippen LogP contribution is -2.10. The molecule has 0 unspecified atom stereocenters. The fourth-order valence-corrected chi connectivity index (χ4v) is 2.24. The molecule has 0 bridgehead atoms. The summed E-state index contributed by atoms with van der Waals surface area (Å²) in [6.45, 7) is 6.03. The number of nitrogens with one attached hydrogen (secondary N) is 1. The van der Waals surface area contributed by atoms with Gasteiger partial charge in [-0.15, -0.1) is 5.10 Å². The Morgan fingerprint density at radius 2 is 1.95 bits per heavy atom. The Morgan fingerprint density at radius 1 is 1.27 bits per heavy atom. The monoisotopic (exact) mass is 312 g/mol. The van der Waals surface area contributed by atoms with Crippen molar-refractivity contribution in [3.05, 3.63) is 35.2 Å². The van der Waals surface area contributed by atoms with Gasteiger partial charge < -0.3 is 5.32 Å². The third-order valence-electron chi connectivity index (χ3n) is 3.43. The van der Waals surface area contributed by atoms with E-state index in [0.717, 1.165) is 17.5 Å². The molecule has 1 heterocycles. The molecule has 0 spiro atoms. The predicted octanol–water partition coefficient (Wildman–Crippen LogP) is 4.01. The van der Waals surface area contributed by atoms with Crippen molar-refractivity contribution in [2.45, 2.75) is 39.3 Å². The van der Waals surface area contributed by atoms with Crippen LogP contribution in [0.25, 0.3) is 5.69 Å². The highest BCUT2D eigenvalue weighted by molar-refractivity contribution is 5.49. The molecule has 0 radical (unpaired) electrons. The standard InChI is InChI=1S/C15H19F3N4/c1-5-10-6-7-12(11(8-10)9(2)3)22-14(19-4)20-13(21-22)15(16,17)18/h6-9H,5H2,1-4H3,(H,19,20,21). The number of aromatic nitrogens is 3. The molecule has 2 rings (SSSR count). The number of rotatable bonds is 4. The van der Waals surface area contributed by atoms with Crippen LogP contribution in [0.15, 0.2) is 18.2 Å². The molecule has 0 aliphatic heterocycles. The number of halogens is 3. The Kier molecular flexibility index (Phi) is 4.44. The van der Waals surface area contributed by atoms with Gasteiger partial charge in [0.1, 0.15) is 0 Å². The minimum absolute atomic E-state index is 0.0680. The maximum absolute atomic E-state index is 12.8. The van der Waals surface area contributed by atoms with Crippen LogP contribution >= 0.6 is 0 Å². The Hall–Kier alpha value is -2.05. The minimum atomic E-state index is -4.57. The molecule has 1 aromatic carbocycles. The van der Waals surface area contributed by atoms with E-state index in [1.807, 2.05) is 32.9 Å². The Balaban J connectivity index is 2.63. The molecule has 7 heteroatoms. The summed E-state index contributed by atoms with van der Waals surface area (Å²) in [5, 5.41) is 6.31. The first-order valence-electron chi connectivity index (χ1n) is 7.13. The molecule has 0 atom stereocenters. The first-order chi connectivity index (χ1) is 10.3. The van der Waals surface area contributed by atoms with Crippen molar-refractivity contribution < 1.29 is 13.2 Å². The Morgan fingerprint density at radius 3 is 2.45 bits per heavy atom. The number of hydrogen-bond acceptors (Lipinski definition) is 3. The largest absolute Gasteiger partial charge is 0.453 e. The second kappa shape index (κ2) is 5.98. The summed E-state index contributed by atoms with van der Waals surface area (Å²) in [5.41, 5.74) is 2.68. The van der Waals surface area contributed by atoms with Crippen LogP contribution in [0.3, 0.4) is 0 Å². The zero-order valence-corrected chi connectivity index (χ0v) is 13.0. The van der Waals surface area contributed by atoms with Gasteiger partial charge in [0, 0.05) is 7.05 Å². The van der Waals surface area contributed by atoms with E-state index in [0.29, 0.717) is 5.69 Å². The van der Waals surface area contributed by atoms with Crippen molar-refractivity contribution in [3.8, 4) is 5.69 Å². The van der Waals surface area contributed by atoms with Crippen LogP contribution in [0, 0.1) is 0 Å². The average Bonchev–Trinajstić information content (AvgIpc) is 2.90. The number of nitrogens with zero attached hydrogens (tertiary/aromatic N) is 3. The predicted molar refractivity (Wildman–Crippen MR) is 79.4 cm³/mol. The molecular formula is C15H19F3N4. The first kappa shape index (κ1) is 16.3. The number of hydrogen-bond donors (Lipinski definition) is 1. The van der Waals surface area contributed by atoms with Gasteiger partial charge in [0.15, 0.2) is 0 Å². The van der Waals surface area contributed by atoms with Crippen molar-refractivity contribution in [1.82, 2.24) is 14.8 Å². The summed E-state index contributed by atoms with van der Waals surface area (Å²) in [6.07, 6.45) is -3.71. The van der Waals surface area contributed by atoms with Crippen molar-refractivity contribution in [3.63, 3.8) is 0 Å². The highest BCUT2D eigenvalue weighted by atomic mass is 19.4. The molecule has 4 nitrogen and oxygen atoms in total. The van der Waals surface area contributed by atoms with E-state index in [2.05, 4.69) is 15.4 Å². The van der Waals surface area contributed by atoms with Gasteiger partial charge in [0.25, 0.3) is 5.82 Å². The summed E-state index contributed by atoms with van der Waals surface area (Å²) in [4.78, 5) is 3.54. The molecule has 2 aromatic rings. The fraction of sp³-hybridized carbons (Fsp3) is 0.467. The van der Waals surface area contributed by atoms with Crippen LogP contribution in [0.4, 0.5) is 19.1 Å². The second-order valence-corrected chi connectivity index (χ2v) is 5.32. The summed E-state index contributed by atoms with van der Waals surface area (Å²) in [6, 6.07) is 5.70. The zero-order chi connectivity index (χ0) is 16.5. The molecular weight excluding hydrogens is 293 g/mol. The summed E-state index contributed by atoms with van der Waals surface area (Å²) in [5.74, 6) is -0.922. The fourth-order valence-electron chi connectivity index (χ4n) is 2.24. The molecule has 0 saturated heterocycles. The molecule has 0 amide bonds. The van der Waals surface area contributed by atoms with E-state index in [1.54, 1.807) is 6.07 Å². The van der Waals surface area contributed by atoms with Crippen LogP contribution in [-0.2, 0) is 12.6 Å². The van der Waals surface area contributed by atoms with E-state index in [4.69, 9.17) is 0 Å². The van der Waals surface area contributed by atoms with E-state index >= 15 is 0 Å². The zero-order valence-electron chi connectivity index (χ0n) is 13.0. The van der Waals surface area contributed by atoms with Gasteiger partial charge in [-0.3, -0.25) is 0 Å². The molecule has 1 N–H and O–H groups in total. The third-order valence-corrected chi connectivity index (χ3v) is 3.43. The van der Waals surface area contributed by atoms with Gasteiger partial charge in [-0.05, 0) is 29.5 Å². The topological polar surface area (TPSA) is 42.7 Å². The second-order valence-electron chi connectivity index (χ2n) is 5.32. The molecule has 0 fully saturated rings. The lowest BCUT2D eigenvalue weighted by atomic mass is 9.98. The van der Waals surface area contributed by atoms with Crippen LogP contribution < -0.4 is 5.32 Å². The summed E-state index contributed by atoms with van der Waals surface area (Å²) >= 11 is 0. The summed E-state index contributed by atoms with van der Waals surface area (Å²) < 4.78 is 39.8.